The Balaban J connectivity index is 1.79. The first kappa shape index (κ1) is 13.4. The van der Waals surface area contributed by atoms with E-state index < -0.39 is 0 Å². The van der Waals surface area contributed by atoms with Gasteiger partial charge in [0.2, 0.25) is 0 Å². The molecule has 1 aliphatic heterocycles. The number of rotatable bonds is 1. The maximum absolute atomic E-state index is 12.7. The van der Waals surface area contributed by atoms with E-state index >= 15 is 0 Å². The van der Waals surface area contributed by atoms with Crippen molar-refractivity contribution in [2.45, 2.75) is 12.5 Å². The highest BCUT2D eigenvalue weighted by Crippen LogP contribution is 2.36. The molecule has 0 amide bonds. The van der Waals surface area contributed by atoms with Crippen LogP contribution >= 0.6 is 11.6 Å². The van der Waals surface area contributed by atoms with E-state index in [2.05, 4.69) is 11.4 Å². The molecule has 1 N–H and O–H groups in total. The Morgan fingerprint density at radius 1 is 0.955 bits per heavy atom. The first-order chi connectivity index (χ1) is 10.7. The summed E-state index contributed by atoms with van der Waals surface area (Å²) >= 11 is 5.94. The van der Waals surface area contributed by atoms with Crippen LogP contribution < -0.4 is 5.32 Å². The Morgan fingerprint density at radius 3 is 2.55 bits per heavy atom. The predicted molar refractivity (Wildman–Crippen MR) is 90.7 cm³/mol. The lowest BCUT2D eigenvalue weighted by Gasteiger charge is -2.27. The average Bonchev–Trinajstić information content (AvgIpc) is 2.55. The molecule has 1 aliphatic rings. The van der Waals surface area contributed by atoms with Crippen molar-refractivity contribution in [3.05, 3.63) is 76.8 Å². The Morgan fingerprint density at radius 2 is 1.73 bits per heavy atom. The molecule has 0 fully saturated rings. The van der Waals surface area contributed by atoms with Crippen LogP contribution in [0.3, 0.4) is 0 Å². The molecule has 0 aromatic heterocycles. The second-order valence-electron chi connectivity index (χ2n) is 5.59. The van der Waals surface area contributed by atoms with Crippen LogP contribution in [0.5, 0.6) is 0 Å². The van der Waals surface area contributed by atoms with Gasteiger partial charge >= 0.3 is 0 Å². The van der Waals surface area contributed by atoms with Crippen molar-refractivity contribution in [3.8, 4) is 0 Å². The SMILES string of the molecule is O=C1C[C@@H](c2ccc(Cl)cc2)Nc2ccc3ccccc3c21. The van der Waals surface area contributed by atoms with Crippen molar-refractivity contribution >= 4 is 33.8 Å². The fourth-order valence-electron chi connectivity index (χ4n) is 3.11. The van der Waals surface area contributed by atoms with E-state index in [1.54, 1.807) is 0 Å². The lowest BCUT2D eigenvalue weighted by atomic mass is 9.89. The van der Waals surface area contributed by atoms with Crippen molar-refractivity contribution in [1.82, 2.24) is 0 Å². The molecule has 2 nitrogen and oxygen atoms in total. The van der Waals surface area contributed by atoms with Crippen LogP contribution in [0, 0.1) is 0 Å². The van der Waals surface area contributed by atoms with Gasteiger partial charge in [-0.2, -0.15) is 0 Å². The van der Waals surface area contributed by atoms with Crippen LogP contribution in [0.1, 0.15) is 28.4 Å². The predicted octanol–water partition coefficient (Wildman–Crippen LogP) is 5.23. The topological polar surface area (TPSA) is 29.1 Å². The van der Waals surface area contributed by atoms with Gasteiger partial charge in [-0.05, 0) is 34.5 Å². The van der Waals surface area contributed by atoms with Gasteiger partial charge in [-0.1, -0.05) is 54.1 Å². The summed E-state index contributed by atoms with van der Waals surface area (Å²) in [4.78, 5) is 12.7. The van der Waals surface area contributed by atoms with Crippen molar-refractivity contribution in [2.75, 3.05) is 5.32 Å². The van der Waals surface area contributed by atoms with Gasteiger partial charge in [0.1, 0.15) is 0 Å². The summed E-state index contributed by atoms with van der Waals surface area (Å²) < 4.78 is 0. The number of carbonyl (C=O) groups excluding carboxylic acids is 1. The fraction of sp³-hybridized carbons (Fsp3) is 0.105. The molecule has 1 heterocycles. The number of anilines is 1. The molecule has 0 bridgehead atoms. The molecule has 0 saturated carbocycles. The molecule has 3 aromatic rings. The van der Waals surface area contributed by atoms with Crippen molar-refractivity contribution < 1.29 is 4.79 Å². The number of benzene rings is 3. The zero-order chi connectivity index (χ0) is 15.1. The fourth-order valence-corrected chi connectivity index (χ4v) is 3.24. The highest BCUT2D eigenvalue weighted by molar-refractivity contribution is 6.30. The molecular formula is C19H14ClNO. The van der Waals surface area contributed by atoms with Crippen LogP contribution in [-0.4, -0.2) is 5.78 Å². The standard InChI is InChI=1S/C19H14ClNO/c20-14-8-5-13(6-9-14)17-11-18(22)19-15-4-2-1-3-12(15)7-10-16(19)21-17/h1-10,17,21H,11H2/t17-/m0/s1. The lowest BCUT2D eigenvalue weighted by molar-refractivity contribution is 0.0974. The Labute approximate surface area is 133 Å². The molecular weight excluding hydrogens is 294 g/mol. The van der Waals surface area contributed by atoms with Crippen LogP contribution in [-0.2, 0) is 0 Å². The van der Waals surface area contributed by atoms with Gasteiger partial charge in [0.05, 0.1) is 6.04 Å². The number of hydrogen-bond donors (Lipinski definition) is 1. The van der Waals surface area contributed by atoms with Crippen molar-refractivity contribution in [2.24, 2.45) is 0 Å². The third-order valence-corrected chi connectivity index (χ3v) is 4.45. The molecule has 108 valence electrons. The zero-order valence-electron chi connectivity index (χ0n) is 11.8. The highest BCUT2D eigenvalue weighted by atomic mass is 35.5. The minimum atomic E-state index is -0.00145. The summed E-state index contributed by atoms with van der Waals surface area (Å²) in [7, 11) is 0. The summed E-state index contributed by atoms with van der Waals surface area (Å²) in [5.74, 6) is 0.186. The highest BCUT2D eigenvalue weighted by Gasteiger charge is 2.27. The number of carbonyl (C=O) groups is 1. The van der Waals surface area contributed by atoms with E-state index in [0.717, 1.165) is 27.6 Å². The zero-order valence-corrected chi connectivity index (χ0v) is 12.6. The molecule has 22 heavy (non-hydrogen) atoms. The summed E-state index contributed by atoms with van der Waals surface area (Å²) in [6.07, 6.45) is 0.461. The number of nitrogens with one attached hydrogen (secondary N) is 1. The van der Waals surface area contributed by atoms with Crippen molar-refractivity contribution in [1.29, 1.82) is 0 Å². The summed E-state index contributed by atoms with van der Waals surface area (Å²) in [5.41, 5.74) is 2.80. The lowest BCUT2D eigenvalue weighted by Crippen LogP contribution is -2.23. The first-order valence-electron chi connectivity index (χ1n) is 7.29. The molecule has 0 saturated heterocycles. The minimum absolute atomic E-state index is 0.00145. The third kappa shape index (κ3) is 2.16. The van der Waals surface area contributed by atoms with Gasteiger partial charge in [-0.25, -0.2) is 0 Å². The van der Waals surface area contributed by atoms with Gasteiger partial charge in [0, 0.05) is 22.7 Å². The van der Waals surface area contributed by atoms with E-state index in [1.165, 1.54) is 0 Å². The Hall–Kier alpha value is -2.32. The Bertz CT molecular complexity index is 870. The number of hydrogen-bond acceptors (Lipinski definition) is 2. The van der Waals surface area contributed by atoms with Crippen LogP contribution in [0.4, 0.5) is 5.69 Å². The largest absolute Gasteiger partial charge is 0.377 e. The number of fused-ring (bicyclic) bond motifs is 3. The molecule has 0 aliphatic carbocycles. The maximum atomic E-state index is 12.7. The number of Topliss-reactive ketones (excluding diaryl/α,β-unsaturated/α-hetero) is 1. The molecule has 3 aromatic carbocycles. The molecule has 1 atom stereocenters. The minimum Gasteiger partial charge on any atom is -0.377 e. The summed E-state index contributed by atoms with van der Waals surface area (Å²) in [6.45, 7) is 0. The maximum Gasteiger partial charge on any atom is 0.167 e. The Kier molecular flexibility index (Phi) is 3.12. The molecule has 4 rings (SSSR count). The van der Waals surface area contributed by atoms with E-state index in [-0.39, 0.29) is 11.8 Å². The van der Waals surface area contributed by atoms with Crippen LogP contribution in [0.2, 0.25) is 5.02 Å². The molecule has 0 radical (unpaired) electrons. The van der Waals surface area contributed by atoms with Gasteiger partial charge < -0.3 is 5.32 Å². The number of ketones is 1. The van der Waals surface area contributed by atoms with Gasteiger partial charge in [0.25, 0.3) is 0 Å². The normalized spacial score (nSPS) is 17.1. The van der Waals surface area contributed by atoms with E-state index in [1.807, 2.05) is 54.6 Å². The van der Waals surface area contributed by atoms with Gasteiger partial charge in [0.15, 0.2) is 5.78 Å². The van der Waals surface area contributed by atoms with E-state index in [4.69, 9.17) is 11.6 Å². The second-order valence-corrected chi connectivity index (χ2v) is 6.02. The number of halogens is 1. The van der Waals surface area contributed by atoms with Crippen LogP contribution in [0.15, 0.2) is 60.7 Å². The van der Waals surface area contributed by atoms with Crippen molar-refractivity contribution in [3.63, 3.8) is 0 Å². The average molecular weight is 308 g/mol. The van der Waals surface area contributed by atoms with Gasteiger partial charge in [-0.3, -0.25) is 4.79 Å². The smallest absolute Gasteiger partial charge is 0.167 e. The van der Waals surface area contributed by atoms with Gasteiger partial charge in [-0.15, -0.1) is 0 Å². The third-order valence-electron chi connectivity index (χ3n) is 4.20. The molecule has 0 unspecified atom stereocenters. The van der Waals surface area contributed by atoms with E-state index in [0.29, 0.717) is 11.4 Å². The second kappa shape index (κ2) is 5.15. The van der Waals surface area contributed by atoms with Crippen LogP contribution in [0.25, 0.3) is 10.8 Å². The molecule has 3 heteroatoms. The monoisotopic (exact) mass is 307 g/mol. The summed E-state index contributed by atoms with van der Waals surface area (Å²) in [6, 6.07) is 19.7. The molecule has 0 spiro atoms. The van der Waals surface area contributed by atoms with E-state index in [9.17, 15) is 4.79 Å². The quantitative estimate of drug-likeness (QED) is 0.666. The summed E-state index contributed by atoms with van der Waals surface area (Å²) in [5, 5.41) is 6.32. The first-order valence-corrected chi connectivity index (χ1v) is 7.67.